The van der Waals surface area contributed by atoms with Crippen molar-refractivity contribution in [2.75, 3.05) is 0 Å². The number of benzene rings is 5. The molecule has 0 fully saturated rings. The summed E-state index contributed by atoms with van der Waals surface area (Å²) in [7, 11) is -1.43. The van der Waals surface area contributed by atoms with Crippen LogP contribution in [0.2, 0.25) is 19.6 Å². The second-order valence-corrected chi connectivity index (χ2v) is 20.4. The maximum Gasteiger partial charge on any atom is 0.121 e. The number of hydrogen-bond acceptors (Lipinski definition) is 3. The van der Waals surface area contributed by atoms with Gasteiger partial charge in [-0.15, -0.1) is 54.1 Å². The van der Waals surface area contributed by atoms with E-state index >= 15 is 0 Å². The number of furan rings is 1. The van der Waals surface area contributed by atoms with Crippen LogP contribution < -0.4 is 5.19 Å². The van der Waals surface area contributed by atoms with Crippen LogP contribution in [0.25, 0.3) is 55.6 Å². The molecule has 0 N–H and O–H groups in total. The van der Waals surface area contributed by atoms with Crippen molar-refractivity contribution < 1.29 is 24.5 Å². The van der Waals surface area contributed by atoms with Crippen LogP contribution in [0, 0.1) is 12.1 Å². The molecule has 0 amide bonds. The summed E-state index contributed by atoms with van der Waals surface area (Å²) in [5, 5.41) is 3.67. The van der Waals surface area contributed by atoms with E-state index in [1.54, 1.807) is 0 Å². The predicted octanol–water partition coefficient (Wildman–Crippen LogP) is 12.1. The summed E-state index contributed by atoms with van der Waals surface area (Å²) in [6.45, 7) is 13.8. The van der Waals surface area contributed by atoms with Crippen LogP contribution in [0.4, 0.5) is 0 Å². The van der Waals surface area contributed by atoms with Crippen LogP contribution >= 0.6 is 0 Å². The molecular formula is C48H44IrN2OSi-2. The molecule has 8 rings (SSSR count). The van der Waals surface area contributed by atoms with E-state index in [0.29, 0.717) is 0 Å². The van der Waals surface area contributed by atoms with Crippen LogP contribution in [0.15, 0.2) is 150 Å². The first-order valence-electron chi connectivity index (χ1n) is 17.9. The molecule has 0 spiro atoms. The van der Waals surface area contributed by atoms with Gasteiger partial charge in [0.2, 0.25) is 0 Å². The standard InChI is InChI=1S/C27H22NO.C21H22NSi.Ir/c1-27(2,3)19-15-16-28-23(17-19)21-12-7-13-22-25-20(18-9-5-4-6-10-18)11-8-14-24(25)29-26(21)22;1-23(2,3)21-16-22-20(18-12-8-5-9-13-18)15-19(21)14-17-10-6-4-7-11-17;/h4-11,13-17H,1-3H3;4-12,15-16H,14H2,1-3H3;/q2*-1;. The van der Waals surface area contributed by atoms with Crippen molar-refractivity contribution in [1.29, 1.82) is 0 Å². The molecule has 0 saturated heterocycles. The molecule has 5 heteroatoms. The zero-order valence-corrected chi connectivity index (χ0v) is 34.6. The van der Waals surface area contributed by atoms with Crippen molar-refractivity contribution in [1.82, 2.24) is 9.97 Å². The Morgan fingerprint density at radius 2 is 1.43 bits per heavy atom. The summed E-state index contributed by atoms with van der Waals surface area (Å²) in [5.74, 6) is 0. The molecule has 5 aromatic carbocycles. The average molecular weight is 885 g/mol. The van der Waals surface area contributed by atoms with Gasteiger partial charge in [0.25, 0.3) is 0 Å². The van der Waals surface area contributed by atoms with E-state index in [9.17, 15) is 0 Å². The fourth-order valence-corrected chi connectivity index (χ4v) is 8.28. The van der Waals surface area contributed by atoms with Gasteiger partial charge in [0.05, 0.1) is 13.7 Å². The van der Waals surface area contributed by atoms with E-state index in [4.69, 9.17) is 9.40 Å². The van der Waals surface area contributed by atoms with Crippen LogP contribution in [0.3, 0.4) is 0 Å². The van der Waals surface area contributed by atoms with Crippen LogP contribution in [-0.4, -0.2) is 18.0 Å². The van der Waals surface area contributed by atoms with E-state index in [1.165, 1.54) is 33.0 Å². The molecule has 3 aromatic heterocycles. The van der Waals surface area contributed by atoms with E-state index in [1.807, 2.05) is 42.6 Å². The van der Waals surface area contributed by atoms with Gasteiger partial charge in [0.1, 0.15) is 5.58 Å². The van der Waals surface area contributed by atoms with Gasteiger partial charge in [-0.25, -0.2) is 0 Å². The quantitative estimate of drug-likeness (QED) is 0.123. The minimum absolute atomic E-state index is 0. The molecule has 3 heterocycles. The molecule has 3 nitrogen and oxygen atoms in total. The molecule has 0 aliphatic carbocycles. The van der Waals surface area contributed by atoms with Gasteiger partial charge in [-0.05, 0) is 62.8 Å². The first-order valence-corrected chi connectivity index (χ1v) is 21.4. The summed E-state index contributed by atoms with van der Waals surface area (Å²) < 4.78 is 6.35. The number of aromatic nitrogens is 2. The molecule has 0 aliphatic rings. The minimum Gasteiger partial charge on any atom is -0.501 e. The minimum atomic E-state index is -1.43. The second-order valence-electron chi connectivity index (χ2n) is 15.3. The number of pyridine rings is 2. The molecule has 0 saturated carbocycles. The topological polar surface area (TPSA) is 38.9 Å². The molecular weight excluding hydrogens is 841 g/mol. The van der Waals surface area contributed by atoms with Crippen molar-refractivity contribution in [2.24, 2.45) is 0 Å². The Bertz CT molecular complexity index is 2450. The van der Waals surface area contributed by atoms with Crippen LogP contribution in [-0.2, 0) is 31.9 Å². The van der Waals surface area contributed by atoms with Crippen molar-refractivity contribution in [3.05, 3.63) is 175 Å². The number of rotatable bonds is 6. The molecule has 1 radical (unpaired) electrons. The summed E-state index contributed by atoms with van der Waals surface area (Å²) >= 11 is 0. The Hall–Kier alpha value is -4.93. The molecule has 267 valence electrons. The first kappa shape index (κ1) is 37.8. The Kier molecular flexibility index (Phi) is 11.4. The number of fused-ring (bicyclic) bond motifs is 3. The van der Waals surface area contributed by atoms with Gasteiger partial charge in [0.15, 0.2) is 0 Å². The van der Waals surface area contributed by atoms with Crippen molar-refractivity contribution in [3.8, 4) is 33.6 Å². The van der Waals surface area contributed by atoms with Gasteiger partial charge < -0.3 is 14.4 Å². The van der Waals surface area contributed by atoms with Crippen molar-refractivity contribution in [2.45, 2.75) is 52.2 Å². The SMILES string of the molecule is CC(C)(C)c1ccnc(-c2[c-]ccc3c2oc2cccc(-c4ccccc4)c23)c1.C[Si](C)(C)c1cnc(-c2[c-]cccc2)cc1Cc1ccccc1.[Ir]. The maximum atomic E-state index is 6.35. The molecule has 0 bridgehead atoms. The van der Waals surface area contributed by atoms with E-state index in [2.05, 4.69) is 161 Å². The monoisotopic (exact) mass is 885 g/mol. The summed E-state index contributed by atoms with van der Waals surface area (Å²) in [5.41, 5.74) is 12.0. The molecule has 8 aromatic rings. The van der Waals surface area contributed by atoms with Gasteiger partial charge in [0, 0.05) is 37.9 Å². The van der Waals surface area contributed by atoms with Crippen LogP contribution in [0.5, 0.6) is 0 Å². The van der Waals surface area contributed by atoms with Gasteiger partial charge in [-0.1, -0.05) is 142 Å². The van der Waals surface area contributed by atoms with Crippen LogP contribution in [0.1, 0.15) is 37.5 Å². The van der Waals surface area contributed by atoms with Gasteiger partial charge >= 0.3 is 0 Å². The summed E-state index contributed by atoms with van der Waals surface area (Å²) in [6, 6.07) is 52.6. The summed E-state index contributed by atoms with van der Waals surface area (Å²) in [6.07, 6.45) is 4.93. The number of nitrogens with zero attached hydrogens (tertiary/aromatic N) is 2. The number of hydrogen-bond donors (Lipinski definition) is 0. The predicted molar refractivity (Wildman–Crippen MR) is 221 cm³/mol. The van der Waals surface area contributed by atoms with Gasteiger partial charge in [-0.2, -0.15) is 0 Å². The molecule has 53 heavy (non-hydrogen) atoms. The largest absolute Gasteiger partial charge is 0.501 e. The maximum absolute atomic E-state index is 6.35. The third kappa shape index (κ3) is 8.50. The Labute approximate surface area is 328 Å². The second kappa shape index (κ2) is 16.0. The Balaban J connectivity index is 0.000000183. The fourth-order valence-electron chi connectivity index (χ4n) is 6.71. The zero-order valence-electron chi connectivity index (χ0n) is 31.2. The zero-order chi connectivity index (χ0) is 36.3. The van der Waals surface area contributed by atoms with Gasteiger partial charge in [-0.3, -0.25) is 0 Å². The Morgan fingerprint density at radius 1 is 0.698 bits per heavy atom. The Morgan fingerprint density at radius 3 is 2.13 bits per heavy atom. The summed E-state index contributed by atoms with van der Waals surface area (Å²) in [4.78, 5) is 9.35. The average Bonchev–Trinajstić information content (AvgIpc) is 3.55. The normalized spacial score (nSPS) is 11.5. The van der Waals surface area contributed by atoms with Crippen molar-refractivity contribution >= 4 is 35.2 Å². The van der Waals surface area contributed by atoms with E-state index < -0.39 is 8.07 Å². The third-order valence-corrected chi connectivity index (χ3v) is 11.5. The fraction of sp³-hybridized carbons (Fsp3) is 0.167. The molecule has 0 aliphatic heterocycles. The smallest absolute Gasteiger partial charge is 0.121 e. The van der Waals surface area contributed by atoms with Crippen molar-refractivity contribution in [3.63, 3.8) is 0 Å². The van der Waals surface area contributed by atoms with E-state index in [0.717, 1.165) is 50.9 Å². The first-order chi connectivity index (χ1) is 25.1. The van der Waals surface area contributed by atoms with E-state index in [-0.39, 0.29) is 25.5 Å². The molecule has 0 atom stereocenters. The third-order valence-electron chi connectivity index (χ3n) is 9.44. The molecule has 0 unspecified atom stereocenters.